The van der Waals surface area contributed by atoms with Crippen LogP contribution in [0.15, 0.2) is 0 Å². The minimum atomic E-state index is -4.26. The van der Waals surface area contributed by atoms with Crippen LogP contribution >= 0.6 is 0 Å². The number of rotatable bonds is 19. The minimum absolute atomic E-state index is 0. The zero-order valence-corrected chi connectivity index (χ0v) is 16.6. The van der Waals surface area contributed by atoms with E-state index >= 15 is 0 Å². The molecule has 0 saturated carbocycles. The summed E-state index contributed by atoms with van der Waals surface area (Å²) in [4.78, 5) is 10.2. The van der Waals surface area contributed by atoms with Gasteiger partial charge in [0.25, 0.3) is 0 Å². The Hall–Kier alpha value is -0.500. The number of hydrogen-bond donors (Lipinski definition) is 2. The lowest BCUT2D eigenvalue weighted by molar-refractivity contribution is -0.107. The summed E-state index contributed by atoms with van der Waals surface area (Å²) < 4.78 is 33.3. The van der Waals surface area contributed by atoms with Gasteiger partial charge in [-0.05, 0) is 12.8 Å². The van der Waals surface area contributed by atoms with Crippen molar-refractivity contribution in [2.75, 3.05) is 6.61 Å². The maximum Gasteiger partial charge on any atom is 0.397 e. The fraction of sp³-hybridized carbons (Fsp3) is 0.944. The summed E-state index contributed by atoms with van der Waals surface area (Å²) in [5.41, 5.74) is 0. The van der Waals surface area contributed by atoms with Crippen LogP contribution < -0.4 is 6.15 Å². The van der Waals surface area contributed by atoms with Gasteiger partial charge in [0.05, 0.1) is 6.61 Å². The van der Waals surface area contributed by atoms with Gasteiger partial charge in [-0.2, -0.15) is 8.42 Å². The molecule has 0 aromatic carbocycles. The van der Waals surface area contributed by atoms with Crippen molar-refractivity contribution < 1.29 is 21.9 Å². The van der Waals surface area contributed by atoms with Gasteiger partial charge in [-0.3, -0.25) is 4.55 Å². The molecule has 0 saturated heterocycles. The Morgan fingerprint density at radius 2 is 0.960 bits per heavy atom. The Bertz CT molecular complexity index is 374. The van der Waals surface area contributed by atoms with Crippen LogP contribution in [0.1, 0.15) is 103 Å². The van der Waals surface area contributed by atoms with Crippen molar-refractivity contribution in [1.82, 2.24) is 6.15 Å². The van der Waals surface area contributed by atoms with Gasteiger partial charge in [-0.1, -0.05) is 83.5 Å². The van der Waals surface area contributed by atoms with Crippen LogP contribution in [0.2, 0.25) is 0 Å². The third-order valence-corrected chi connectivity index (χ3v) is 4.66. The molecule has 6 nitrogen and oxygen atoms in total. The van der Waals surface area contributed by atoms with E-state index in [1.165, 1.54) is 70.6 Å². The normalized spacial score (nSPS) is 11.2. The van der Waals surface area contributed by atoms with E-state index in [2.05, 4.69) is 4.18 Å². The van der Waals surface area contributed by atoms with Crippen molar-refractivity contribution in [2.24, 2.45) is 0 Å². The Morgan fingerprint density at radius 3 is 1.28 bits per heavy atom. The molecule has 0 aliphatic heterocycles. The Balaban J connectivity index is 0. The van der Waals surface area contributed by atoms with Gasteiger partial charge in [-0.15, -0.1) is 0 Å². The molecule has 0 aromatic heterocycles. The number of carbonyl (C=O) groups excluding carboxylic acids is 1. The van der Waals surface area contributed by atoms with Crippen molar-refractivity contribution in [2.45, 2.75) is 103 Å². The standard InChI is InChI=1S/C18H36O5S.H3N/c19-17-15-13-11-9-7-5-3-1-2-4-6-8-10-12-14-16-18-23-24(20,21)22;/h17H,1-16,18H2,(H,20,21,22);1H3. The maximum absolute atomic E-state index is 10.3. The predicted molar refractivity (Wildman–Crippen MR) is 102 cm³/mol. The molecule has 0 spiro atoms. The first kappa shape index (κ1) is 26.7. The van der Waals surface area contributed by atoms with E-state index in [0.717, 1.165) is 32.0 Å². The van der Waals surface area contributed by atoms with Crippen LogP contribution in [0.25, 0.3) is 0 Å². The average Bonchev–Trinajstić information content (AvgIpc) is 2.52. The lowest BCUT2D eigenvalue weighted by Gasteiger charge is -2.03. The number of carbonyl (C=O) groups is 1. The first-order chi connectivity index (χ1) is 11.6. The zero-order chi connectivity index (χ0) is 17.9. The van der Waals surface area contributed by atoms with E-state index in [1.54, 1.807) is 0 Å². The molecule has 0 radical (unpaired) electrons. The third-order valence-electron chi connectivity index (χ3n) is 4.20. The third kappa shape index (κ3) is 25.8. The van der Waals surface area contributed by atoms with Crippen molar-refractivity contribution in [1.29, 1.82) is 0 Å². The molecule has 0 atom stereocenters. The molecule has 0 amide bonds. The van der Waals surface area contributed by atoms with E-state index in [0.29, 0.717) is 6.42 Å². The maximum atomic E-state index is 10.3. The first-order valence-corrected chi connectivity index (χ1v) is 11.0. The molecule has 4 N–H and O–H groups in total. The van der Waals surface area contributed by atoms with E-state index in [9.17, 15) is 13.2 Å². The topological polar surface area (TPSA) is 116 Å². The number of aldehydes is 1. The summed E-state index contributed by atoms with van der Waals surface area (Å²) in [5.74, 6) is 0. The lowest BCUT2D eigenvalue weighted by atomic mass is 10.0. The summed E-state index contributed by atoms with van der Waals surface area (Å²) in [6.07, 6.45) is 19.6. The molecule has 0 fully saturated rings. The van der Waals surface area contributed by atoms with E-state index < -0.39 is 10.4 Å². The minimum Gasteiger partial charge on any atom is -0.344 e. The van der Waals surface area contributed by atoms with Crippen LogP contribution in [0, 0.1) is 0 Å². The molecule has 0 aliphatic rings. The molecule has 0 aliphatic carbocycles. The lowest BCUT2D eigenvalue weighted by Crippen LogP contribution is -2.04. The van der Waals surface area contributed by atoms with Gasteiger partial charge < -0.3 is 10.9 Å². The van der Waals surface area contributed by atoms with Gasteiger partial charge in [0, 0.05) is 6.42 Å². The van der Waals surface area contributed by atoms with Crippen molar-refractivity contribution in [3.8, 4) is 0 Å². The monoisotopic (exact) mass is 381 g/mol. The fourth-order valence-electron chi connectivity index (χ4n) is 2.79. The van der Waals surface area contributed by atoms with Crippen molar-refractivity contribution in [3.05, 3.63) is 0 Å². The van der Waals surface area contributed by atoms with Crippen LogP contribution in [0.3, 0.4) is 0 Å². The van der Waals surface area contributed by atoms with Gasteiger partial charge >= 0.3 is 10.4 Å². The number of hydrogen-bond acceptors (Lipinski definition) is 5. The molecule has 0 heterocycles. The summed E-state index contributed by atoms with van der Waals surface area (Å²) in [6.45, 7) is 0.0793. The first-order valence-electron chi connectivity index (χ1n) is 9.62. The smallest absolute Gasteiger partial charge is 0.344 e. The highest BCUT2D eigenvalue weighted by Gasteiger charge is 2.02. The van der Waals surface area contributed by atoms with Crippen molar-refractivity contribution in [3.63, 3.8) is 0 Å². The Morgan fingerprint density at radius 1 is 0.640 bits per heavy atom. The second-order valence-electron chi connectivity index (χ2n) is 6.51. The van der Waals surface area contributed by atoms with Crippen LogP contribution in [-0.2, 0) is 19.4 Å². The Labute approximate surface area is 154 Å². The largest absolute Gasteiger partial charge is 0.397 e. The van der Waals surface area contributed by atoms with Gasteiger partial charge in [0.15, 0.2) is 0 Å². The SMILES string of the molecule is N.O=CCCCCCCCCCCCCCCCCCOS(=O)(=O)O. The second kappa shape index (κ2) is 19.8. The van der Waals surface area contributed by atoms with E-state index in [4.69, 9.17) is 4.55 Å². The molecule has 0 rings (SSSR count). The Kier molecular flexibility index (Phi) is 21.2. The molecule has 7 heteroatoms. The predicted octanol–water partition coefficient (Wildman–Crippen LogP) is 5.41. The van der Waals surface area contributed by atoms with Gasteiger partial charge in [-0.25, -0.2) is 4.18 Å². The highest BCUT2D eigenvalue weighted by Crippen LogP contribution is 2.13. The molecule has 152 valence electrons. The summed E-state index contributed by atoms with van der Waals surface area (Å²) in [7, 11) is -4.26. The molecule has 0 aromatic rings. The quantitative estimate of drug-likeness (QED) is 0.176. The number of unbranched alkanes of at least 4 members (excludes halogenated alkanes) is 15. The molecule has 0 bridgehead atoms. The van der Waals surface area contributed by atoms with Crippen LogP contribution in [0.4, 0.5) is 0 Å². The van der Waals surface area contributed by atoms with Crippen LogP contribution in [0.5, 0.6) is 0 Å². The van der Waals surface area contributed by atoms with Gasteiger partial charge in [0.2, 0.25) is 0 Å². The van der Waals surface area contributed by atoms with E-state index in [1.807, 2.05) is 0 Å². The highest BCUT2D eigenvalue weighted by molar-refractivity contribution is 7.80. The van der Waals surface area contributed by atoms with Crippen LogP contribution in [-0.4, -0.2) is 25.9 Å². The summed E-state index contributed by atoms with van der Waals surface area (Å²) >= 11 is 0. The molecular weight excluding hydrogens is 342 g/mol. The zero-order valence-electron chi connectivity index (χ0n) is 15.8. The summed E-state index contributed by atoms with van der Waals surface area (Å²) in [5, 5.41) is 0. The molecule has 25 heavy (non-hydrogen) atoms. The van der Waals surface area contributed by atoms with Crippen molar-refractivity contribution >= 4 is 16.7 Å². The fourth-order valence-corrected chi connectivity index (χ4v) is 3.12. The highest BCUT2D eigenvalue weighted by atomic mass is 32.3. The average molecular weight is 382 g/mol. The summed E-state index contributed by atoms with van der Waals surface area (Å²) in [6, 6.07) is 0. The molecule has 0 unspecified atom stereocenters. The second-order valence-corrected chi connectivity index (χ2v) is 7.60. The van der Waals surface area contributed by atoms with Gasteiger partial charge in [0.1, 0.15) is 6.29 Å². The van der Waals surface area contributed by atoms with E-state index in [-0.39, 0.29) is 12.8 Å². The molecular formula is C18H39NO5S.